The molecule has 1 aromatic rings. The Morgan fingerprint density at radius 1 is 1.35 bits per heavy atom. The lowest BCUT2D eigenvalue weighted by molar-refractivity contribution is 0.176. The summed E-state index contributed by atoms with van der Waals surface area (Å²) in [7, 11) is 1.50. The minimum Gasteiger partial charge on any atom is -0.391 e. The third-order valence-corrected chi connectivity index (χ3v) is 2.29. The number of aromatic nitrogens is 1. The highest BCUT2D eigenvalue weighted by Crippen LogP contribution is 2.18. The van der Waals surface area contributed by atoms with E-state index in [2.05, 4.69) is 15.6 Å². The molecule has 96 valence electrons. The third kappa shape index (κ3) is 3.81. The lowest BCUT2D eigenvalue weighted by Gasteiger charge is -2.12. The zero-order valence-electron chi connectivity index (χ0n) is 9.93. The Morgan fingerprint density at radius 2 is 2.00 bits per heavy atom. The van der Waals surface area contributed by atoms with Crippen LogP contribution in [0.2, 0.25) is 0 Å². The maximum atomic E-state index is 13.3. The van der Waals surface area contributed by atoms with Gasteiger partial charge >= 0.3 is 0 Å². The second-order valence-corrected chi connectivity index (χ2v) is 3.72. The number of nitrogens with zero attached hydrogens (tertiary/aromatic N) is 1. The minimum absolute atomic E-state index is 0.0288. The first kappa shape index (κ1) is 13.6. The number of pyridine rings is 1. The van der Waals surface area contributed by atoms with Crippen LogP contribution in [0.25, 0.3) is 0 Å². The van der Waals surface area contributed by atoms with Gasteiger partial charge < -0.3 is 15.7 Å². The van der Waals surface area contributed by atoms with Crippen molar-refractivity contribution in [1.82, 2.24) is 4.98 Å². The normalized spacial score (nSPS) is 12.3. The van der Waals surface area contributed by atoms with Gasteiger partial charge in [-0.25, -0.2) is 13.8 Å². The molecule has 0 spiro atoms. The van der Waals surface area contributed by atoms with Gasteiger partial charge in [0.1, 0.15) is 0 Å². The standard InChI is InChI=1S/C11H17F2N3O/c1-3-4-7(17)6-15-11-9(13)5-8(12)10(14-2)16-11/h5,7,17H,3-4,6H2,1-2H3,(H2,14,15,16). The Kier molecular flexibility index (Phi) is 5.09. The van der Waals surface area contributed by atoms with Gasteiger partial charge in [-0.1, -0.05) is 13.3 Å². The van der Waals surface area contributed by atoms with E-state index in [1.165, 1.54) is 7.05 Å². The van der Waals surface area contributed by atoms with Crippen LogP contribution in [0.5, 0.6) is 0 Å². The second kappa shape index (κ2) is 6.34. The van der Waals surface area contributed by atoms with Crippen LogP contribution in [-0.4, -0.2) is 29.8 Å². The van der Waals surface area contributed by atoms with E-state index in [1.54, 1.807) is 0 Å². The van der Waals surface area contributed by atoms with Gasteiger partial charge in [0.2, 0.25) is 0 Å². The predicted octanol–water partition coefficient (Wildman–Crippen LogP) is 1.97. The fourth-order valence-electron chi connectivity index (χ4n) is 1.42. The zero-order chi connectivity index (χ0) is 12.8. The van der Waals surface area contributed by atoms with Crippen LogP contribution in [-0.2, 0) is 0 Å². The van der Waals surface area contributed by atoms with E-state index in [4.69, 9.17) is 0 Å². The number of halogens is 2. The summed E-state index contributed by atoms with van der Waals surface area (Å²) in [5.41, 5.74) is 0. The Morgan fingerprint density at radius 3 is 2.59 bits per heavy atom. The summed E-state index contributed by atoms with van der Waals surface area (Å²) in [4.78, 5) is 3.74. The fourth-order valence-corrected chi connectivity index (χ4v) is 1.42. The smallest absolute Gasteiger partial charge is 0.168 e. The van der Waals surface area contributed by atoms with Crippen molar-refractivity contribution in [3.8, 4) is 0 Å². The first-order valence-electron chi connectivity index (χ1n) is 5.54. The van der Waals surface area contributed by atoms with E-state index in [0.29, 0.717) is 6.42 Å². The number of hydrogen-bond donors (Lipinski definition) is 3. The Bertz CT molecular complexity index is 374. The van der Waals surface area contributed by atoms with Crippen LogP contribution in [0.15, 0.2) is 6.07 Å². The van der Waals surface area contributed by atoms with Crippen molar-refractivity contribution in [2.45, 2.75) is 25.9 Å². The molecule has 17 heavy (non-hydrogen) atoms. The number of aliphatic hydroxyl groups is 1. The maximum absolute atomic E-state index is 13.3. The Labute approximate surface area is 99.1 Å². The summed E-state index contributed by atoms with van der Waals surface area (Å²) in [5.74, 6) is -1.61. The highest BCUT2D eigenvalue weighted by molar-refractivity contribution is 5.47. The molecule has 4 nitrogen and oxygen atoms in total. The zero-order valence-corrected chi connectivity index (χ0v) is 9.93. The van der Waals surface area contributed by atoms with Crippen molar-refractivity contribution < 1.29 is 13.9 Å². The van der Waals surface area contributed by atoms with Gasteiger partial charge in [0.25, 0.3) is 0 Å². The van der Waals surface area contributed by atoms with E-state index in [0.717, 1.165) is 12.5 Å². The summed E-state index contributed by atoms with van der Waals surface area (Å²) < 4.78 is 26.4. The molecule has 1 rings (SSSR count). The number of aliphatic hydroxyl groups excluding tert-OH is 1. The van der Waals surface area contributed by atoms with Crippen LogP contribution < -0.4 is 10.6 Å². The first-order valence-corrected chi connectivity index (χ1v) is 5.54. The van der Waals surface area contributed by atoms with Crippen molar-refractivity contribution in [2.75, 3.05) is 24.2 Å². The first-order chi connectivity index (χ1) is 8.08. The summed E-state index contributed by atoms with van der Waals surface area (Å²) in [6.45, 7) is 2.13. The third-order valence-electron chi connectivity index (χ3n) is 2.29. The maximum Gasteiger partial charge on any atom is 0.168 e. The van der Waals surface area contributed by atoms with Gasteiger partial charge in [-0.05, 0) is 6.42 Å². The molecule has 1 unspecified atom stereocenters. The Balaban J connectivity index is 2.70. The van der Waals surface area contributed by atoms with E-state index in [-0.39, 0.29) is 18.2 Å². The van der Waals surface area contributed by atoms with Crippen molar-refractivity contribution in [2.24, 2.45) is 0 Å². The van der Waals surface area contributed by atoms with Crippen LogP contribution in [0, 0.1) is 11.6 Å². The average molecular weight is 245 g/mol. The molecule has 3 N–H and O–H groups in total. The van der Waals surface area contributed by atoms with Crippen molar-refractivity contribution in [3.63, 3.8) is 0 Å². The molecular weight excluding hydrogens is 228 g/mol. The number of nitrogens with one attached hydrogen (secondary N) is 2. The molecule has 0 saturated heterocycles. The highest BCUT2D eigenvalue weighted by Gasteiger charge is 2.11. The molecule has 0 saturated carbocycles. The molecule has 0 fully saturated rings. The molecule has 0 aliphatic heterocycles. The number of rotatable bonds is 6. The Hall–Kier alpha value is -1.43. The van der Waals surface area contributed by atoms with Crippen LogP contribution >= 0.6 is 0 Å². The molecular formula is C11H17F2N3O. The van der Waals surface area contributed by atoms with Crippen LogP contribution in [0.3, 0.4) is 0 Å². The molecule has 0 aliphatic rings. The average Bonchev–Trinajstić information content (AvgIpc) is 2.28. The molecule has 0 amide bonds. The van der Waals surface area contributed by atoms with Gasteiger partial charge in [-0.2, -0.15) is 0 Å². The monoisotopic (exact) mass is 245 g/mol. The molecule has 1 atom stereocenters. The van der Waals surface area contributed by atoms with Gasteiger partial charge in [0.05, 0.1) is 6.10 Å². The van der Waals surface area contributed by atoms with Gasteiger partial charge in [-0.15, -0.1) is 0 Å². The molecule has 0 aliphatic carbocycles. The largest absolute Gasteiger partial charge is 0.391 e. The SMILES string of the molecule is CCCC(O)CNc1nc(NC)c(F)cc1F. The summed E-state index contributed by atoms with van der Waals surface area (Å²) in [6.07, 6.45) is 0.892. The number of hydrogen-bond acceptors (Lipinski definition) is 4. The van der Waals surface area contributed by atoms with E-state index < -0.39 is 17.7 Å². The number of anilines is 2. The lowest BCUT2D eigenvalue weighted by Crippen LogP contribution is -2.20. The molecule has 1 aromatic heterocycles. The van der Waals surface area contributed by atoms with Crippen LogP contribution in [0.4, 0.5) is 20.4 Å². The predicted molar refractivity (Wildman–Crippen MR) is 63.1 cm³/mol. The molecule has 6 heteroatoms. The highest BCUT2D eigenvalue weighted by atomic mass is 19.1. The summed E-state index contributed by atoms with van der Waals surface area (Å²) in [6, 6.07) is 0.757. The van der Waals surface area contributed by atoms with Crippen molar-refractivity contribution in [3.05, 3.63) is 17.7 Å². The fraction of sp³-hybridized carbons (Fsp3) is 0.545. The molecule has 0 bridgehead atoms. The topological polar surface area (TPSA) is 57.2 Å². The van der Waals surface area contributed by atoms with Crippen molar-refractivity contribution >= 4 is 11.6 Å². The van der Waals surface area contributed by atoms with Gasteiger partial charge in [-0.3, -0.25) is 0 Å². The summed E-state index contributed by atoms with van der Waals surface area (Å²) in [5, 5.41) is 14.7. The van der Waals surface area contributed by atoms with Crippen LogP contribution in [0.1, 0.15) is 19.8 Å². The van der Waals surface area contributed by atoms with Gasteiger partial charge in [0, 0.05) is 19.7 Å². The van der Waals surface area contributed by atoms with E-state index in [9.17, 15) is 13.9 Å². The second-order valence-electron chi connectivity index (χ2n) is 3.72. The van der Waals surface area contributed by atoms with E-state index in [1.807, 2.05) is 6.92 Å². The van der Waals surface area contributed by atoms with E-state index >= 15 is 0 Å². The summed E-state index contributed by atoms with van der Waals surface area (Å²) >= 11 is 0. The molecule has 0 radical (unpaired) electrons. The quantitative estimate of drug-likeness (QED) is 0.717. The van der Waals surface area contributed by atoms with Gasteiger partial charge in [0.15, 0.2) is 23.3 Å². The molecule has 0 aromatic carbocycles. The minimum atomic E-state index is -0.773. The van der Waals surface area contributed by atoms with Crippen molar-refractivity contribution in [1.29, 1.82) is 0 Å². The lowest BCUT2D eigenvalue weighted by atomic mass is 10.2. The molecule has 1 heterocycles.